The minimum Gasteiger partial charge on any atom is -0.489 e. The van der Waals surface area contributed by atoms with Crippen molar-refractivity contribution in [3.8, 4) is 5.75 Å². The lowest BCUT2D eigenvalue weighted by Crippen LogP contribution is -2.31. The number of halogens is 1. The minimum atomic E-state index is 0.108. The van der Waals surface area contributed by atoms with E-state index in [-0.39, 0.29) is 12.6 Å². The van der Waals surface area contributed by atoms with Gasteiger partial charge < -0.3 is 15.2 Å². The van der Waals surface area contributed by atoms with Gasteiger partial charge in [0.25, 0.3) is 0 Å². The van der Waals surface area contributed by atoms with E-state index in [1.165, 1.54) is 0 Å². The van der Waals surface area contributed by atoms with Crippen LogP contribution in [0.25, 0.3) is 0 Å². The highest BCUT2D eigenvalue weighted by Gasteiger charge is 2.08. The number of para-hydroxylation sites is 1. The molecule has 0 radical (unpaired) electrons. The Morgan fingerprint density at radius 1 is 1.09 bits per heavy atom. The summed E-state index contributed by atoms with van der Waals surface area (Å²) in [5.41, 5.74) is 2.04. The van der Waals surface area contributed by atoms with Crippen molar-refractivity contribution in [3.63, 3.8) is 0 Å². The van der Waals surface area contributed by atoms with Crippen LogP contribution in [0.1, 0.15) is 24.5 Å². The number of nitrogens with one attached hydrogen (secondary N) is 1. The summed E-state index contributed by atoms with van der Waals surface area (Å²) < 4.78 is 5.92. The Morgan fingerprint density at radius 2 is 1.77 bits per heavy atom. The maximum Gasteiger partial charge on any atom is 0.124 e. The second-order valence-electron chi connectivity index (χ2n) is 5.16. The molecule has 0 aromatic heterocycles. The minimum absolute atomic E-state index is 0.108. The topological polar surface area (TPSA) is 41.5 Å². The third kappa shape index (κ3) is 4.73. The highest BCUT2D eigenvalue weighted by molar-refractivity contribution is 6.31. The second-order valence-corrected chi connectivity index (χ2v) is 5.56. The second kappa shape index (κ2) is 8.79. The third-order valence-corrected chi connectivity index (χ3v) is 3.98. The zero-order valence-electron chi connectivity index (χ0n) is 12.8. The number of hydrogen-bond acceptors (Lipinski definition) is 3. The maximum atomic E-state index is 9.25. The van der Waals surface area contributed by atoms with Crippen LogP contribution in [0, 0.1) is 0 Å². The van der Waals surface area contributed by atoms with Crippen LogP contribution < -0.4 is 10.1 Å². The molecule has 1 atom stereocenters. The lowest BCUT2D eigenvalue weighted by molar-refractivity contribution is 0.237. The standard InChI is InChI=1S/C18H22ClNO2/c1-2-16(12-21)20-11-14-7-4-6-10-18(14)22-13-15-8-3-5-9-17(15)19/h3-10,16,20-21H,2,11-13H2,1H3/t16-/m0/s1. The molecule has 2 rings (SSSR count). The summed E-state index contributed by atoms with van der Waals surface area (Å²) in [6.45, 7) is 3.29. The first kappa shape index (κ1) is 16.8. The first-order chi connectivity index (χ1) is 10.7. The Bertz CT molecular complexity index is 585. The van der Waals surface area contributed by atoms with E-state index in [0.29, 0.717) is 18.2 Å². The fourth-order valence-electron chi connectivity index (χ4n) is 2.15. The predicted molar refractivity (Wildman–Crippen MR) is 90.2 cm³/mol. The van der Waals surface area contributed by atoms with Gasteiger partial charge in [0.05, 0.1) is 6.61 Å². The number of aliphatic hydroxyl groups excluding tert-OH is 1. The molecule has 0 aliphatic rings. The van der Waals surface area contributed by atoms with Crippen molar-refractivity contribution >= 4 is 11.6 Å². The van der Waals surface area contributed by atoms with Crippen LogP contribution in [-0.2, 0) is 13.2 Å². The van der Waals surface area contributed by atoms with Gasteiger partial charge in [0.15, 0.2) is 0 Å². The Balaban J connectivity index is 2.00. The van der Waals surface area contributed by atoms with Crippen LogP contribution in [0.5, 0.6) is 5.75 Å². The monoisotopic (exact) mass is 319 g/mol. The summed E-state index contributed by atoms with van der Waals surface area (Å²) in [6, 6.07) is 15.7. The van der Waals surface area contributed by atoms with Gasteiger partial charge in [-0.25, -0.2) is 0 Å². The van der Waals surface area contributed by atoms with Crippen molar-refractivity contribution in [1.82, 2.24) is 5.32 Å². The Labute approximate surface area is 136 Å². The number of hydrogen-bond donors (Lipinski definition) is 2. The molecule has 2 aromatic carbocycles. The third-order valence-electron chi connectivity index (χ3n) is 3.61. The average molecular weight is 320 g/mol. The molecular weight excluding hydrogens is 298 g/mol. The largest absolute Gasteiger partial charge is 0.489 e. The van der Waals surface area contributed by atoms with Crippen LogP contribution in [-0.4, -0.2) is 17.8 Å². The van der Waals surface area contributed by atoms with E-state index in [2.05, 4.69) is 5.32 Å². The lowest BCUT2D eigenvalue weighted by atomic mass is 10.1. The van der Waals surface area contributed by atoms with Crippen LogP contribution >= 0.6 is 11.6 Å². The van der Waals surface area contributed by atoms with E-state index < -0.39 is 0 Å². The molecule has 0 aliphatic carbocycles. The summed E-state index contributed by atoms with van der Waals surface area (Å²) >= 11 is 6.15. The van der Waals surface area contributed by atoms with Crippen molar-refractivity contribution in [2.75, 3.05) is 6.61 Å². The molecule has 0 bridgehead atoms. The molecule has 0 spiro atoms. The first-order valence-corrected chi connectivity index (χ1v) is 7.90. The molecule has 0 aliphatic heterocycles. The van der Waals surface area contributed by atoms with E-state index in [0.717, 1.165) is 23.3 Å². The molecule has 2 N–H and O–H groups in total. The first-order valence-electron chi connectivity index (χ1n) is 7.53. The molecule has 0 saturated carbocycles. The fourth-order valence-corrected chi connectivity index (χ4v) is 2.34. The van der Waals surface area contributed by atoms with Gasteiger partial charge in [0.2, 0.25) is 0 Å². The van der Waals surface area contributed by atoms with Gasteiger partial charge in [-0.1, -0.05) is 54.9 Å². The van der Waals surface area contributed by atoms with Gasteiger partial charge >= 0.3 is 0 Å². The van der Waals surface area contributed by atoms with E-state index in [1.807, 2.05) is 55.5 Å². The van der Waals surface area contributed by atoms with Crippen molar-refractivity contribution in [1.29, 1.82) is 0 Å². The number of ether oxygens (including phenoxy) is 1. The van der Waals surface area contributed by atoms with Crippen LogP contribution in [0.3, 0.4) is 0 Å². The van der Waals surface area contributed by atoms with Gasteiger partial charge in [0, 0.05) is 28.7 Å². The molecule has 0 fully saturated rings. The lowest BCUT2D eigenvalue weighted by Gasteiger charge is -2.16. The van der Waals surface area contributed by atoms with Gasteiger partial charge in [-0.05, 0) is 18.6 Å². The average Bonchev–Trinajstić information content (AvgIpc) is 2.56. The molecular formula is C18H22ClNO2. The molecule has 0 amide bonds. The predicted octanol–water partition coefficient (Wildman–Crippen LogP) is 3.78. The zero-order chi connectivity index (χ0) is 15.8. The number of benzene rings is 2. The molecule has 0 unspecified atom stereocenters. The molecule has 22 heavy (non-hydrogen) atoms. The molecule has 4 heteroatoms. The highest BCUT2D eigenvalue weighted by atomic mass is 35.5. The van der Waals surface area contributed by atoms with E-state index in [1.54, 1.807) is 0 Å². The molecule has 0 heterocycles. The van der Waals surface area contributed by atoms with Crippen molar-refractivity contribution < 1.29 is 9.84 Å². The summed E-state index contributed by atoms with van der Waals surface area (Å²) in [5, 5.41) is 13.3. The molecule has 2 aromatic rings. The van der Waals surface area contributed by atoms with Crippen molar-refractivity contribution in [2.24, 2.45) is 0 Å². The summed E-state index contributed by atoms with van der Waals surface area (Å²) in [4.78, 5) is 0. The molecule has 0 saturated heterocycles. The SMILES string of the molecule is CC[C@@H](CO)NCc1ccccc1OCc1ccccc1Cl. The smallest absolute Gasteiger partial charge is 0.124 e. The fraction of sp³-hybridized carbons (Fsp3) is 0.333. The van der Waals surface area contributed by atoms with E-state index in [4.69, 9.17) is 16.3 Å². The Hall–Kier alpha value is -1.55. The Kier molecular flexibility index (Phi) is 6.72. The number of rotatable bonds is 8. The number of aliphatic hydroxyl groups is 1. The van der Waals surface area contributed by atoms with Crippen LogP contribution in [0.2, 0.25) is 5.02 Å². The Morgan fingerprint density at radius 3 is 2.45 bits per heavy atom. The highest BCUT2D eigenvalue weighted by Crippen LogP contribution is 2.22. The van der Waals surface area contributed by atoms with Gasteiger partial charge in [-0.3, -0.25) is 0 Å². The quantitative estimate of drug-likeness (QED) is 0.778. The normalized spacial score (nSPS) is 12.1. The van der Waals surface area contributed by atoms with E-state index >= 15 is 0 Å². The van der Waals surface area contributed by atoms with E-state index in [9.17, 15) is 5.11 Å². The van der Waals surface area contributed by atoms with Crippen molar-refractivity contribution in [3.05, 3.63) is 64.7 Å². The summed E-state index contributed by atoms with van der Waals surface area (Å²) in [6.07, 6.45) is 0.888. The maximum absolute atomic E-state index is 9.25. The van der Waals surface area contributed by atoms with Crippen LogP contribution in [0.4, 0.5) is 0 Å². The summed E-state index contributed by atoms with van der Waals surface area (Å²) in [5.74, 6) is 0.836. The van der Waals surface area contributed by atoms with Gasteiger partial charge in [0.1, 0.15) is 12.4 Å². The molecule has 3 nitrogen and oxygen atoms in total. The molecule has 118 valence electrons. The van der Waals surface area contributed by atoms with Gasteiger partial charge in [-0.15, -0.1) is 0 Å². The van der Waals surface area contributed by atoms with Crippen molar-refractivity contribution in [2.45, 2.75) is 32.5 Å². The summed E-state index contributed by atoms with van der Waals surface area (Å²) in [7, 11) is 0. The zero-order valence-corrected chi connectivity index (χ0v) is 13.5. The van der Waals surface area contributed by atoms with Crippen LogP contribution in [0.15, 0.2) is 48.5 Å². The van der Waals surface area contributed by atoms with Gasteiger partial charge in [-0.2, -0.15) is 0 Å².